The van der Waals surface area contributed by atoms with Gasteiger partial charge in [-0.3, -0.25) is 0 Å². The summed E-state index contributed by atoms with van der Waals surface area (Å²) in [4.78, 5) is 0. The molecule has 0 spiro atoms. The molecule has 10 heavy (non-hydrogen) atoms. The van der Waals surface area contributed by atoms with Crippen molar-refractivity contribution in [3.63, 3.8) is 0 Å². The van der Waals surface area contributed by atoms with Gasteiger partial charge in [0.1, 0.15) is 0 Å². The van der Waals surface area contributed by atoms with Crippen molar-refractivity contribution in [2.24, 2.45) is 0 Å². The molecule has 0 saturated carbocycles. The van der Waals surface area contributed by atoms with Crippen molar-refractivity contribution in [3.8, 4) is 0 Å². The molecule has 0 N–H and O–H groups in total. The van der Waals surface area contributed by atoms with Crippen molar-refractivity contribution in [3.05, 3.63) is 12.3 Å². The maximum atomic E-state index is 5.39. The van der Waals surface area contributed by atoms with Crippen LogP contribution in [-0.4, -0.2) is 47.8 Å². The summed E-state index contributed by atoms with van der Waals surface area (Å²) in [5.41, 5.74) is 0. The predicted molar refractivity (Wildman–Crippen MR) is 42.3 cm³/mol. The molecule has 3 nitrogen and oxygen atoms in total. The van der Waals surface area contributed by atoms with Gasteiger partial charge in [0.2, 0.25) is 0 Å². The Morgan fingerprint density at radius 1 is 1.50 bits per heavy atom. The van der Waals surface area contributed by atoms with Crippen LogP contribution in [0.2, 0.25) is 0 Å². The molecule has 0 amide bonds. The zero-order chi connectivity index (χ0) is 8.15. The maximum absolute atomic E-state index is 5.39. The molecule has 0 radical (unpaired) electrons. The third-order valence-corrected chi connectivity index (χ3v) is 8.12. The van der Waals surface area contributed by atoms with Crippen LogP contribution in [0.5, 0.6) is 0 Å². The van der Waals surface area contributed by atoms with E-state index in [4.69, 9.17) is 5.37 Å². The third kappa shape index (κ3) is 4.24. The molecule has 0 aromatic heterocycles. The Morgan fingerprint density at radius 2 is 2.00 bits per heavy atom. The normalized spacial score (nSPS) is 9.70. The first-order valence-electron chi connectivity index (χ1n) is 3.09. The fraction of sp³-hybridized carbons (Fsp3) is 0.667. The van der Waals surface area contributed by atoms with Crippen molar-refractivity contribution in [1.29, 1.82) is 0 Å². The van der Waals surface area contributed by atoms with Gasteiger partial charge in [0.25, 0.3) is 0 Å². The molecule has 0 bridgehead atoms. The fourth-order valence-electron chi connectivity index (χ4n) is 0.536. The van der Waals surface area contributed by atoms with Crippen LogP contribution in [0.4, 0.5) is 0 Å². The molecule has 0 aliphatic rings. The minimum atomic E-state index is -2.38. The molecule has 4 heteroatoms. The van der Waals surface area contributed by atoms with E-state index in [0.29, 0.717) is 0 Å². The summed E-state index contributed by atoms with van der Waals surface area (Å²) in [5, 5.41) is 0. The Labute approximate surface area is 72.5 Å². The number of nitrogens with zero attached hydrogens (tertiary/aromatic N) is 1. The molecule has 0 fully saturated rings. The first kappa shape index (κ1) is 10.4. The predicted octanol–water partition coefficient (Wildman–Crippen LogP) is 0.729. The Balaban J connectivity index is 3.71. The first-order chi connectivity index (χ1) is 4.57. The molecular formula is C6H14NO2Tl. The molecule has 0 aromatic carbocycles. The Kier molecular flexibility index (Phi) is 5.28. The van der Waals surface area contributed by atoms with Gasteiger partial charge in [0, 0.05) is 0 Å². The van der Waals surface area contributed by atoms with Crippen LogP contribution in [0.3, 0.4) is 0 Å². The zero-order valence-electron chi connectivity index (χ0n) is 7.05. The van der Waals surface area contributed by atoms with Crippen molar-refractivity contribution >= 4 is 23.9 Å². The van der Waals surface area contributed by atoms with Gasteiger partial charge in [-0.2, -0.15) is 0 Å². The second-order valence-corrected chi connectivity index (χ2v) is 11.5. The summed E-state index contributed by atoms with van der Waals surface area (Å²) >= 11 is -2.38. The fourth-order valence-corrected chi connectivity index (χ4v) is 4.71. The molecule has 0 aliphatic heterocycles. The number of rotatable bonds is 4. The summed E-state index contributed by atoms with van der Waals surface area (Å²) in [6, 6.07) is 0. The summed E-state index contributed by atoms with van der Waals surface area (Å²) in [7, 11) is 5.63. The molecule has 0 unspecified atom stereocenters. The summed E-state index contributed by atoms with van der Waals surface area (Å²) in [6.07, 6.45) is 0. The van der Waals surface area contributed by atoms with Gasteiger partial charge in [0.15, 0.2) is 0 Å². The standard InChI is InChI=1S/C3H6O.C2H6N.CH3O.Tl/c1-3(2)4;1-3-2;1-2;/h4H,1H2,2H3;1-2H3;1H3;/q;2*-1;+3/p-1. The van der Waals surface area contributed by atoms with Crippen LogP contribution in [0.25, 0.3) is 0 Å². The summed E-state index contributed by atoms with van der Waals surface area (Å²) in [6.45, 7) is 5.49. The van der Waals surface area contributed by atoms with E-state index >= 15 is 0 Å². The first-order valence-corrected chi connectivity index (χ1v) is 8.76. The number of hydrogen-bond acceptors (Lipinski definition) is 3. The van der Waals surface area contributed by atoms with Crippen LogP contribution in [-0.2, 0) is 5.37 Å². The van der Waals surface area contributed by atoms with Gasteiger partial charge < -0.3 is 0 Å². The average Bonchev–Trinajstić information content (AvgIpc) is 1.81. The van der Waals surface area contributed by atoms with E-state index in [0.717, 1.165) is 5.76 Å². The van der Waals surface area contributed by atoms with Gasteiger partial charge in [-0.25, -0.2) is 0 Å². The Morgan fingerprint density at radius 3 is 2.10 bits per heavy atom. The van der Waals surface area contributed by atoms with Crippen molar-refractivity contribution in [2.45, 2.75) is 6.92 Å². The third-order valence-electron chi connectivity index (χ3n) is 0.925. The van der Waals surface area contributed by atoms with Gasteiger partial charge in [-0.1, -0.05) is 0 Å². The topological polar surface area (TPSA) is 21.7 Å². The zero-order valence-corrected chi connectivity index (χ0v) is 11.5. The SMILES string of the molecule is C=C(C)[O][Tl]([O]C)[N](C)C. The van der Waals surface area contributed by atoms with Crippen LogP contribution in [0.15, 0.2) is 12.3 Å². The van der Waals surface area contributed by atoms with E-state index in [1.165, 1.54) is 0 Å². The van der Waals surface area contributed by atoms with Crippen LogP contribution >= 0.6 is 0 Å². The monoisotopic (exact) mass is 337 g/mol. The second-order valence-electron chi connectivity index (χ2n) is 2.33. The van der Waals surface area contributed by atoms with Crippen molar-refractivity contribution < 1.29 is 5.37 Å². The Bertz CT molecular complexity index is 116. The van der Waals surface area contributed by atoms with Gasteiger partial charge >= 0.3 is 72.5 Å². The summed E-state index contributed by atoms with van der Waals surface area (Å²) in [5.74, 6) is 0.752. The molecule has 0 aliphatic carbocycles. The molecule has 58 valence electrons. The van der Waals surface area contributed by atoms with E-state index in [9.17, 15) is 0 Å². The number of allylic oxidation sites excluding steroid dienone is 1. The van der Waals surface area contributed by atoms with Crippen LogP contribution < -0.4 is 0 Å². The average molecular weight is 337 g/mol. The van der Waals surface area contributed by atoms with Crippen molar-refractivity contribution in [1.82, 2.24) is 2.71 Å². The van der Waals surface area contributed by atoms with E-state index in [2.05, 4.69) is 6.58 Å². The van der Waals surface area contributed by atoms with Gasteiger partial charge in [-0.15, -0.1) is 0 Å². The quantitative estimate of drug-likeness (QED) is 0.558. The van der Waals surface area contributed by atoms with E-state index < -0.39 is 23.9 Å². The molecule has 0 saturated heterocycles. The molecule has 0 atom stereocenters. The van der Waals surface area contributed by atoms with E-state index in [1.807, 2.05) is 23.7 Å². The number of hydrogen-bond donors (Lipinski definition) is 0. The molecule has 0 aromatic rings. The van der Waals surface area contributed by atoms with Crippen LogP contribution in [0.1, 0.15) is 6.92 Å². The van der Waals surface area contributed by atoms with E-state index in [-0.39, 0.29) is 0 Å². The van der Waals surface area contributed by atoms with Gasteiger partial charge in [0.05, 0.1) is 0 Å². The molecule has 0 heterocycles. The van der Waals surface area contributed by atoms with E-state index in [1.54, 1.807) is 7.11 Å². The van der Waals surface area contributed by atoms with Crippen LogP contribution in [0, 0.1) is 0 Å². The Hall–Kier alpha value is 0.382. The molecular weight excluding hydrogens is 322 g/mol. The minimum absolute atomic E-state index is 0.752. The summed E-state index contributed by atoms with van der Waals surface area (Å²) < 4.78 is 12.6. The van der Waals surface area contributed by atoms with Crippen molar-refractivity contribution in [2.75, 3.05) is 21.2 Å². The van der Waals surface area contributed by atoms with Gasteiger partial charge in [-0.05, 0) is 0 Å². The second kappa shape index (κ2) is 5.09. The molecule has 0 rings (SSSR count).